The number of rotatable bonds is 15. The molecule has 10 nitrogen and oxygen atoms in total. The van der Waals surface area contributed by atoms with Gasteiger partial charge >= 0.3 is 5.97 Å². The summed E-state index contributed by atoms with van der Waals surface area (Å²) in [6.45, 7) is 3.87. The Hall–Kier alpha value is -2.63. The monoisotopic (exact) mass is 495 g/mol. The molecule has 0 spiro atoms. The van der Waals surface area contributed by atoms with E-state index in [4.69, 9.17) is 11.5 Å². The molecule has 0 fully saturated rings. The molecule has 1 aromatic rings. The number of carboxylic acid groups (broad SMARTS) is 1. The Kier molecular flexibility index (Phi) is 13.2. The Bertz CT molecular complexity index is 808. The second-order valence-corrected chi connectivity index (χ2v) is 8.82. The number of nitrogens with one attached hydrogen (secondary N) is 3. The van der Waals surface area contributed by atoms with Crippen LogP contribution in [0.4, 0.5) is 0 Å². The van der Waals surface area contributed by atoms with E-state index in [9.17, 15) is 24.3 Å². The van der Waals surface area contributed by atoms with Gasteiger partial charge in [-0.25, -0.2) is 4.79 Å². The van der Waals surface area contributed by atoms with Gasteiger partial charge < -0.3 is 32.5 Å². The van der Waals surface area contributed by atoms with E-state index in [2.05, 4.69) is 28.6 Å². The number of nitrogens with two attached hydrogens (primary N) is 2. The molecule has 0 bridgehead atoms. The van der Waals surface area contributed by atoms with Crippen molar-refractivity contribution in [3.8, 4) is 0 Å². The van der Waals surface area contributed by atoms with Crippen LogP contribution >= 0.6 is 12.6 Å². The van der Waals surface area contributed by atoms with Gasteiger partial charge in [-0.15, -0.1) is 0 Å². The average Bonchev–Trinajstić information content (AvgIpc) is 2.80. The maximum Gasteiger partial charge on any atom is 0.326 e. The Labute approximate surface area is 206 Å². The fourth-order valence-corrected chi connectivity index (χ4v) is 3.49. The van der Waals surface area contributed by atoms with Crippen LogP contribution < -0.4 is 27.4 Å². The summed E-state index contributed by atoms with van der Waals surface area (Å²) < 4.78 is 0. The maximum atomic E-state index is 12.8. The van der Waals surface area contributed by atoms with Crippen LogP contribution in [0, 0.1) is 5.92 Å². The van der Waals surface area contributed by atoms with Crippen molar-refractivity contribution in [1.82, 2.24) is 16.0 Å². The van der Waals surface area contributed by atoms with Crippen molar-refractivity contribution in [3.05, 3.63) is 35.9 Å². The van der Waals surface area contributed by atoms with E-state index in [-0.39, 0.29) is 18.1 Å². The first-order valence-electron chi connectivity index (χ1n) is 11.3. The Morgan fingerprint density at radius 1 is 0.941 bits per heavy atom. The number of carbonyl (C=O) groups excluding carboxylic acids is 3. The van der Waals surface area contributed by atoms with Gasteiger partial charge in [-0.3, -0.25) is 14.4 Å². The first-order chi connectivity index (χ1) is 16.1. The Morgan fingerprint density at radius 3 is 2.09 bits per heavy atom. The summed E-state index contributed by atoms with van der Waals surface area (Å²) in [7, 11) is 0. The third-order valence-corrected chi connectivity index (χ3v) is 5.62. The van der Waals surface area contributed by atoms with Crippen LogP contribution in [-0.2, 0) is 25.6 Å². The lowest BCUT2D eigenvalue weighted by Gasteiger charge is -2.26. The lowest BCUT2D eigenvalue weighted by Crippen LogP contribution is -2.59. The number of hydrogen-bond acceptors (Lipinski definition) is 7. The second kappa shape index (κ2) is 15.3. The quantitative estimate of drug-likeness (QED) is 0.130. The number of unbranched alkanes of at least 4 members (excludes halogenated alkanes) is 1. The topological polar surface area (TPSA) is 177 Å². The average molecular weight is 496 g/mol. The molecule has 34 heavy (non-hydrogen) atoms. The molecule has 0 radical (unpaired) electrons. The van der Waals surface area contributed by atoms with Crippen molar-refractivity contribution in [2.75, 3.05) is 12.3 Å². The molecule has 4 unspecified atom stereocenters. The molecule has 0 saturated carbocycles. The van der Waals surface area contributed by atoms with E-state index in [1.807, 2.05) is 30.3 Å². The van der Waals surface area contributed by atoms with Crippen LogP contribution in [0.2, 0.25) is 0 Å². The van der Waals surface area contributed by atoms with Crippen LogP contribution in [0.15, 0.2) is 30.3 Å². The summed E-state index contributed by atoms with van der Waals surface area (Å²) in [6, 6.07) is 5.26. The Morgan fingerprint density at radius 2 is 1.56 bits per heavy atom. The molecule has 11 heteroatoms. The number of aliphatic carboxylic acids is 1. The van der Waals surface area contributed by atoms with E-state index < -0.39 is 47.9 Å². The number of benzene rings is 1. The summed E-state index contributed by atoms with van der Waals surface area (Å²) in [5.41, 5.74) is 12.3. The van der Waals surface area contributed by atoms with Gasteiger partial charge in [0.05, 0.1) is 6.04 Å². The fraction of sp³-hybridized carbons (Fsp3) is 0.565. The number of hydrogen-bond donors (Lipinski definition) is 7. The number of thiol groups is 1. The lowest BCUT2D eigenvalue weighted by atomic mass is 10.0. The molecule has 8 N–H and O–H groups in total. The van der Waals surface area contributed by atoms with Crippen LogP contribution in [0.3, 0.4) is 0 Å². The highest BCUT2D eigenvalue weighted by Crippen LogP contribution is 2.07. The molecule has 0 saturated heterocycles. The first kappa shape index (κ1) is 29.4. The van der Waals surface area contributed by atoms with E-state index >= 15 is 0 Å². The van der Waals surface area contributed by atoms with Gasteiger partial charge in [0.1, 0.15) is 18.1 Å². The predicted octanol–water partition coefficient (Wildman–Crippen LogP) is -0.190. The van der Waals surface area contributed by atoms with Crippen molar-refractivity contribution in [1.29, 1.82) is 0 Å². The van der Waals surface area contributed by atoms with Gasteiger partial charge in [0.2, 0.25) is 17.7 Å². The third-order valence-electron chi connectivity index (χ3n) is 5.26. The molecule has 0 aliphatic carbocycles. The van der Waals surface area contributed by atoms with E-state index in [0.717, 1.165) is 5.56 Å². The predicted molar refractivity (Wildman–Crippen MR) is 133 cm³/mol. The standard InChI is InChI=1S/C23H37N5O5S/c1-14(2)19(22(31)26-17(23(32)33)10-6-7-11-24)28-21(30)18(13-34)27-20(29)16(25)12-15-8-4-3-5-9-15/h3-5,8-9,14,16-19,34H,6-7,10-13,24-25H2,1-2H3,(H,26,31)(H,27,29)(H,28,30)(H,32,33). The molecular formula is C23H37N5O5S. The highest BCUT2D eigenvalue weighted by Gasteiger charge is 2.31. The summed E-state index contributed by atoms with van der Waals surface area (Å²) in [5, 5.41) is 17.1. The van der Waals surface area contributed by atoms with Crippen molar-refractivity contribution in [2.24, 2.45) is 17.4 Å². The molecule has 0 aromatic heterocycles. The van der Waals surface area contributed by atoms with Crippen molar-refractivity contribution < 1.29 is 24.3 Å². The van der Waals surface area contributed by atoms with E-state index in [1.165, 1.54) is 0 Å². The maximum absolute atomic E-state index is 12.8. The van der Waals surface area contributed by atoms with Gasteiger partial charge in [0.15, 0.2) is 0 Å². The minimum atomic E-state index is -1.16. The Balaban J connectivity index is 2.76. The molecule has 4 atom stereocenters. The second-order valence-electron chi connectivity index (χ2n) is 8.45. The fourth-order valence-electron chi connectivity index (χ4n) is 3.23. The SMILES string of the molecule is CC(C)C(NC(=O)C(CS)NC(=O)C(N)Cc1ccccc1)C(=O)NC(CCCCN)C(=O)O. The molecule has 190 valence electrons. The van der Waals surface area contributed by atoms with Gasteiger partial charge in [-0.05, 0) is 43.7 Å². The van der Waals surface area contributed by atoms with Crippen molar-refractivity contribution >= 4 is 36.3 Å². The summed E-state index contributed by atoms with van der Waals surface area (Å²) >= 11 is 4.15. The van der Waals surface area contributed by atoms with E-state index in [0.29, 0.717) is 25.8 Å². The van der Waals surface area contributed by atoms with Gasteiger partial charge in [-0.1, -0.05) is 44.2 Å². The van der Waals surface area contributed by atoms with Crippen LogP contribution in [0.25, 0.3) is 0 Å². The van der Waals surface area contributed by atoms with Gasteiger partial charge in [0.25, 0.3) is 0 Å². The molecule has 1 rings (SSSR count). The zero-order valence-electron chi connectivity index (χ0n) is 19.7. The highest BCUT2D eigenvalue weighted by atomic mass is 32.1. The molecular weight excluding hydrogens is 458 g/mol. The number of carboxylic acids is 1. The van der Waals surface area contributed by atoms with Crippen LogP contribution in [-0.4, -0.2) is 65.3 Å². The van der Waals surface area contributed by atoms with Crippen LogP contribution in [0.5, 0.6) is 0 Å². The summed E-state index contributed by atoms with van der Waals surface area (Å²) in [5.74, 6) is -3.26. The summed E-state index contributed by atoms with van der Waals surface area (Å²) in [4.78, 5) is 49.6. The van der Waals surface area contributed by atoms with Gasteiger partial charge in [0, 0.05) is 5.75 Å². The van der Waals surface area contributed by atoms with Crippen molar-refractivity contribution in [3.63, 3.8) is 0 Å². The third kappa shape index (κ3) is 10.1. The molecule has 0 heterocycles. The number of carbonyl (C=O) groups is 4. The molecule has 0 aliphatic rings. The first-order valence-corrected chi connectivity index (χ1v) is 12.0. The zero-order chi connectivity index (χ0) is 25.7. The minimum absolute atomic E-state index is 0.0150. The van der Waals surface area contributed by atoms with Crippen LogP contribution in [0.1, 0.15) is 38.7 Å². The minimum Gasteiger partial charge on any atom is -0.480 e. The van der Waals surface area contributed by atoms with E-state index in [1.54, 1.807) is 13.8 Å². The normalized spacial score (nSPS) is 14.5. The van der Waals surface area contributed by atoms with Gasteiger partial charge in [-0.2, -0.15) is 12.6 Å². The zero-order valence-corrected chi connectivity index (χ0v) is 20.6. The molecule has 0 aliphatic heterocycles. The largest absolute Gasteiger partial charge is 0.480 e. The summed E-state index contributed by atoms with van der Waals surface area (Å²) in [6.07, 6.45) is 1.71. The highest BCUT2D eigenvalue weighted by molar-refractivity contribution is 7.80. The molecule has 1 aromatic carbocycles. The number of amides is 3. The smallest absolute Gasteiger partial charge is 0.326 e. The molecule has 3 amide bonds. The lowest BCUT2D eigenvalue weighted by molar-refractivity contribution is -0.142. The van der Waals surface area contributed by atoms with Crippen molar-refractivity contribution in [2.45, 2.75) is 63.7 Å².